The molecule has 1 fully saturated rings. The standard InChI is InChI=1S/C12H18N2O2/c1-9(2)13-12(15)14-7-3-5-10(14)11-6-4-8-16-11/h4,6,8-10H,3,5,7H2,1-2H3,(H,13,15)/t10-/m1/s1. The van der Waals surface area contributed by atoms with Crippen LogP contribution in [0.25, 0.3) is 0 Å². The fourth-order valence-electron chi connectivity index (χ4n) is 2.12. The third kappa shape index (κ3) is 2.21. The Morgan fingerprint density at radius 1 is 1.62 bits per heavy atom. The van der Waals surface area contributed by atoms with Crippen LogP contribution in [0, 0.1) is 0 Å². The number of amides is 2. The number of carbonyl (C=O) groups is 1. The van der Waals surface area contributed by atoms with Crippen LogP contribution >= 0.6 is 0 Å². The summed E-state index contributed by atoms with van der Waals surface area (Å²) >= 11 is 0. The number of nitrogens with zero attached hydrogens (tertiary/aromatic N) is 1. The van der Waals surface area contributed by atoms with Gasteiger partial charge < -0.3 is 14.6 Å². The van der Waals surface area contributed by atoms with Gasteiger partial charge in [-0.25, -0.2) is 4.79 Å². The number of carbonyl (C=O) groups excluding carboxylic acids is 1. The van der Waals surface area contributed by atoms with Gasteiger partial charge in [-0.3, -0.25) is 0 Å². The monoisotopic (exact) mass is 222 g/mol. The number of hydrogen-bond donors (Lipinski definition) is 1. The van der Waals surface area contributed by atoms with E-state index in [-0.39, 0.29) is 18.1 Å². The van der Waals surface area contributed by atoms with E-state index < -0.39 is 0 Å². The van der Waals surface area contributed by atoms with Gasteiger partial charge in [-0.05, 0) is 38.8 Å². The molecule has 2 rings (SSSR count). The average molecular weight is 222 g/mol. The molecule has 16 heavy (non-hydrogen) atoms. The molecule has 0 saturated carbocycles. The van der Waals surface area contributed by atoms with Crippen molar-refractivity contribution >= 4 is 6.03 Å². The third-order valence-electron chi connectivity index (χ3n) is 2.80. The molecule has 1 atom stereocenters. The van der Waals surface area contributed by atoms with Crippen molar-refractivity contribution in [3.63, 3.8) is 0 Å². The summed E-state index contributed by atoms with van der Waals surface area (Å²) in [7, 11) is 0. The quantitative estimate of drug-likeness (QED) is 0.835. The largest absolute Gasteiger partial charge is 0.467 e. The number of rotatable bonds is 2. The minimum Gasteiger partial charge on any atom is -0.467 e. The second kappa shape index (κ2) is 4.60. The van der Waals surface area contributed by atoms with Gasteiger partial charge in [0.1, 0.15) is 5.76 Å². The minimum atomic E-state index is 0.00824. The van der Waals surface area contributed by atoms with Crippen molar-refractivity contribution in [3.05, 3.63) is 24.2 Å². The first-order valence-electron chi connectivity index (χ1n) is 5.79. The van der Waals surface area contributed by atoms with Gasteiger partial charge in [-0.2, -0.15) is 0 Å². The molecule has 1 aliphatic heterocycles. The highest BCUT2D eigenvalue weighted by molar-refractivity contribution is 5.75. The van der Waals surface area contributed by atoms with Crippen molar-refractivity contribution in [1.82, 2.24) is 10.2 Å². The van der Waals surface area contributed by atoms with Crippen LogP contribution in [-0.4, -0.2) is 23.5 Å². The van der Waals surface area contributed by atoms with Gasteiger partial charge in [0, 0.05) is 12.6 Å². The van der Waals surface area contributed by atoms with E-state index in [9.17, 15) is 4.79 Å². The maximum Gasteiger partial charge on any atom is 0.318 e. The minimum absolute atomic E-state index is 0.00824. The fourth-order valence-corrected chi connectivity index (χ4v) is 2.12. The van der Waals surface area contributed by atoms with Gasteiger partial charge in [0.05, 0.1) is 12.3 Å². The molecule has 1 aliphatic rings. The zero-order chi connectivity index (χ0) is 11.5. The molecule has 1 N–H and O–H groups in total. The Bertz CT molecular complexity index is 346. The van der Waals surface area contributed by atoms with Gasteiger partial charge >= 0.3 is 6.03 Å². The van der Waals surface area contributed by atoms with E-state index >= 15 is 0 Å². The summed E-state index contributed by atoms with van der Waals surface area (Å²) < 4.78 is 5.38. The molecule has 0 radical (unpaired) electrons. The Hall–Kier alpha value is -1.45. The molecule has 4 nitrogen and oxygen atoms in total. The second-order valence-corrected chi connectivity index (χ2v) is 4.47. The topological polar surface area (TPSA) is 45.5 Å². The van der Waals surface area contributed by atoms with Crippen LogP contribution in [0.4, 0.5) is 4.79 Å². The van der Waals surface area contributed by atoms with Gasteiger partial charge in [-0.15, -0.1) is 0 Å². The molecule has 2 amide bonds. The summed E-state index contributed by atoms with van der Waals surface area (Å²) in [5.41, 5.74) is 0. The van der Waals surface area contributed by atoms with Crippen molar-refractivity contribution in [2.45, 2.75) is 38.8 Å². The zero-order valence-corrected chi connectivity index (χ0v) is 9.77. The van der Waals surface area contributed by atoms with Crippen molar-refractivity contribution in [2.24, 2.45) is 0 Å². The summed E-state index contributed by atoms with van der Waals surface area (Å²) in [4.78, 5) is 13.8. The fraction of sp³-hybridized carbons (Fsp3) is 0.583. The zero-order valence-electron chi connectivity index (χ0n) is 9.77. The summed E-state index contributed by atoms with van der Waals surface area (Å²) in [6.07, 6.45) is 3.68. The molecule has 4 heteroatoms. The highest BCUT2D eigenvalue weighted by Crippen LogP contribution is 2.31. The maximum absolute atomic E-state index is 11.9. The Balaban J connectivity index is 2.06. The van der Waals surface area contributed by atoms with Gasteiger partial charge in [0.2, 0.25) is 0 Å². The lowest BCUT2D eigenvalue weighted by molar-refractivity contribution is 0.184. The normalized spacial score (nSPS) is 20.4. The molecule has 0 aromatic carbocycles. The number of likely N-dealkylation sites (tertiary alicyclic amines) is 1. The van der Waals surface area contributed by atoms with Crippen LogP contribution in [0.15, 0.2) is 22.8 Å². The molecule has 1 aromatic rings. The Kier molecular flexibility index (Phi) is 3.17. The summed E-state index contributed by atoms with van der Waals surface area (Å²) in [5.74, 6) is 0.886. The second-order valence-electron chi connectivity index (χ2n) is 4.47. The van der Waals surface area contributed by atoms with E-state index in [4.69, 9.17) is 4.42 Å². The first-order valence-corrected chi connectivity index (χ1v) is 5.79. The Morgan fingerprint density at radius 2 is 2.44 bits per heavy atom. The summed E-state index contributed by atoms with van der Waals surface area (Å²) in [5, 5.41) is 2.92. The van der Waals surface area contributed by atoms with Crippen LogP contribution in [0.3, 0.4) is 0 Å². The number of nitrogens with one attached hydrogen (secondary N) is 1. The van der Waals surface area contributed by atoms with Crippen LogP contribution in [-0.2, 0) is 0 Å². The van der Waals surface area contributed by atoms with E-state index in [1.807, 2.05) is 30.9 Å². The summed E-state index contributed by atoms with van der Waals surface area (Å²) in [6, 6.07) is 4.09. The van der Waals surface area contributed by atoms with Crippen LogP contribution in [0.2, 0.25) is 0 Å². The molecule has 0 unspecified atom stereocenters. The summed E-state index contributed by atoms with van der Waals surface area (Å²) in [6.45, 7) is 4.75. The van der Waals surface area contributed by atoms with Gasteiger partial charge in [-0.1, -0.05) is 0 Å². The van der Waals surface area contributed by atoms with Crippen LogP contribution in [0.5, 0.6) is 0 Å². The number of furan rings is 1. The van der Waals surface area contributed by atoms with E-state index in [0.29, 0.717) is 0 Å². The van der Waals surface area contributed by atoms with Crippen molar-refractivity contribution in [1.29, 1.82) is 0 Å². The number of urea groups is 1. The lowest BCUT2D eigenvalue weighted by Gasteiger charge is -2.24. The van der Waals surface area contributed by atoms with E-state index in [2.05, 4.69) is 5.32 Å². The first kappa shape index (κ1) is 11.0. The molecule has 0 bridgehead atoms. The van der Waals surface area contributed by atoms with Gasteiger partial charge in [0.25, 0.3) is 0 Å². The number of hydrogen-bond acceptors (Lipinski definition) is 2. The lowest BCUT2D eigenvalue weighted by atomic mass is 10.2. The predicted octanol–water partition coefficient (Wildman–Crippen LogP) is 2.53. The predicted molar refractivity (Wildman–Crippen MR) is 61.1 cm³/mol. The molecule has 0 aliphatic carbocycles. The van der Waals surface area contributed by atoms with E-state index in [0.717, 1.165) is 25.1 Å². The first-order chi connectivity index (χ1) is 7.68. The molecule has 1 saturated heterocycles. The van der Waals surface area contributed by atoms with Crippen LogP contribution in [0.1, 0.15) is 38.5 Å². The highest BCUT2D eigenvalue weighted by atomic mass is 16.3. The van der Waals surface area contributed by atoms with E-state index in [1.54, 1.807) is 6.26 Å². The maximum atomic E-state index is 11.9. The molecular formula is C12H18N2O2. The molecule has 1 aromatic heterocycles. The molecule has 0 spiro atoms. The highest BCUT2D eigenvalue weighted by Gasteiger charge is 2.31. The third-order valence-corrected chi connectivity index (χ3v) is 2.80. The van der Waals surface area contributed by atoms with E-state index in [1.165, 1.54) is 0 Å². The molecule has 88 valence electrons. The SMILES string of the molecule is CC(C)NC(=O)N1CCC[C@@H]1c1ccco1. The van der Waals surface area contributed by atoms with Crippen LogP contribution < -0.4 is 5.32 Å². The van der Waals surface area contributed by atoms with Crippen molar-refractivity contribution in [3.8, 4) is 0 Å². The molecule has 2 heterocycles. The lowest BCUT2D eigenvalue weighted by Crippen LogP contribution is -2.42. The Labute approximate surface area is 95.6 Å². The van der Waals surface area contributed by atoms with Gasteiger partial charge in [0.15, 0.2) is 0 Å². The smallest absolute Gasteiger partial charge is 0.318 e. The average Bonchev–Trinajstić information content (AvgIpc) is 2.87. The Morgan fingerprint density at radius 3 is 3.06 bits per heavy atom. The van der Waals surface area contributed by atoms with Crippen molar-refractivity contribution < 1.29 is 9.21 Å². The molecular weight excluding hydrogens is 204 g/mol. The van der Waals surface area contributed by atoms with Crippen molar-refractivity contribution in [2.75, 3.05) is 6.54 Å².